The van der Waals surface area contributed by atoms with E-state index in [0.29, 0.717) is 6.54 Å². The molecular weight excluding hydrogens is 306 g/mol. The molecule has 3 atom stereocenters. The van der Waals surface area contributed by atoms with E-state index in [1.54, 1.807) is 0 Å². The van der Waals surface area contributed by atoms with E-state index >= 15 is 0 Å². The Morgan fingerprint density at radius 3 is 2.30 bits per heavy atom. The van der Waals surface area contributed by atoms with Crippen LogP contribution in [0.1, 0.15) is 33.3 Å². The molecule has 4 nitrogen and oxygen atoms in total. The second kappa shape index (κ2) is 6.38. The number of amides is 1. The first-order valence-electron chi connectivity index (χ1n) is 8.25. The molecule has 23 heavy (non-hydrogen) atoms. The van der Waals surface area contributed by atoms with E-state index in [9.17, 15) is 9.90 Å². The second-order valence-corrected chi connectivity index (χ2v) is 12.7. The second-order valence-electron chi connectivity index (χ2n) is 7.97. The minimum Gasteiger partial charge on any atom is -0.413 e. The molecule has 1 aromatic rings. The van der Waals surface area contributed by atoms with E-state index in [1.165, 1.54) is 4.90 Å². The number of nitrogens with zero attached hydrogens (tertiary/aromatic N) is 1. The van der Waals surface area contributed by atoms with Gasteiger partial charge in [0, 0.05) is 6.54 Å². The number of hydrogen-bond donors (Lipinski definition) is 1. The van der Waals surface area contributed by atoms with Gasteiger partial charge in [0.25, 0.3) is 0 Å². The summed E-state index contributed by atoms with van der Waals surface area (Å²) in [7, 11) is -1.95. The first-order chi connectivity index (χ1) is 10.5. The quantitative estimate of drug-likeness (QED) is 0.663. The summed E-state index contributed by atoms with van der Waals surface area (Å²) in [5, 5.41) is 10.5. The van der Waals surface area contributed by atoms with Crippen LogP contribution in [0.2, 0.25) is 18.1 Å². The molecule has 1 amide bonds. The number of hydrogen-bond acceptors (Lipinski definition) is 3. The number of aliphatic hydroxyl groups is 1. The summed E-state index contributed by atoms with van der Waals surface area (Å²) in [6.07, 6.45) is -1.02. The number of carbonyl (C=O) groups excluding carboxylic acids is 1. The minimum atomic E-state index is -1.95. The smallest absolute Gasteiger partial charge is 0.235 e. The lowest BCUT2D eigenvalue weighted by molar-refractivity contribution is -0.193. The number of benzene rings is 1. The van der Waals surface area contributed by atoms with Gasteiger partial charge in [0.15, 0.2) is 8.32 Å². The molecular formula is C18H29NO3Si. The van der Waals surface area contributed by atoms with E-state index in [0.717, 1.165) is 5.56 Å². The predicted molar refractivity (Wildman–Crippen MR) is 94.2 cm³/mol. The van der Waals surface area contributed by atoms with Gasteiger partial charge in [-0.05, 0) is 30.6 Å². The summed E-state index contributed by atoms with van der Waals surface area (Å²) in [4.78, 5) is 14.0. The lowest BCUT2D eigenvalue weighted by Crippen LogP contribution is -2.65. The van der Waals surface area contributed by atoms with Crippen LogP contribution >= 0.6 is 0 Å². The number of likely N-dealkylation sites (tertiary alicyclic amines) is 1. The Bertz CT molecular complexity index is 553. The normalized spacial score (nSPS) is 23.6. The SMILES string of the molecule is C[C@@H](O[Si](C)(C)C(C)(C)C)[C@H]1C(=O)N(Cc2ccccc2)[C@@H]1O. The highest BCUT2D eigenvalue weighted by atomic mass is 28.4. The van der Waals surface area contributed by atoms with Gasteiger partial charge < -0.3 is 14.4 Å². The fourth-order valence-electron chi connectivity index (χ4n) is 2.67. The van der Waals surface area contributed by atoms with Crippen molar-refractivity contribution in [1.29, 1.82) is 0 Å². The summed E-state index contributed by atoms with van der Waals surface area (Å²) < 4.78 is 6.28. The van der Waals surface area contributed by atoms with Crippen molar-refractivity contribution in [2.24, 2.45) is 5.92 Å². The van der Waals surface area contributed by atoms with Crippen LogP contribution in [-0.4, -0.2) is 36.6 Å². The van der Waals surface area contributed by atoms with E-state index in [1.807, 2.05) is 37.3 Å². The van der Waals surface area contributed by atoms with Crippen molar-refractivity contribution in [3.63, 3.8) is 0 Å². The van der Waals surface area contributed by atoms with Gasteiger partial charge in [-0.25, -0.2) is 0 Å². The fourth-order valence-corrected chi connectivity index (χ4v) is 4.10. The van der Waals surface area contributed by atoms with Crippen molar-refractivity contribution in [1.82, 2.24) is 4.90 Å². The van der Waals surface area contributed by atoms with Crippen LogP contribution < -0.4 is 0 Å². The summed E-state index contributed by atoms with van der Waals surface area (Å²) in [6, 6.07) is 9.74. The molecule has 1 saturated heterocycles. The predicted octanol–water partition coefficient (Wildman–Crippen LogP) is 3.37. The van der Waals surface area contributed by atoms with Gasteiger partial charge in [0.1, 0.15) is 12.1 Å². The summed E-state index contributed by atoms with van der Waals surface area (Å²) in [6.45, 7) is 13.2. The first-order valence-corrected chi connectivity index (χ1v) is 11.2. The molecule has 0 aromatic heterocycles. The van der Waals surface area contributed by atoms with Gasteiger partial charge in [-0.15, -0.1) is 0 Å². The molecule has 0 spiro atoms. The number of carbonyl (C=O) groups is 1. The Kier molecular flexibility index (Phi) is 5.04. The Morgan fingerprint density at radius 1 is 1.26 bits per heavy atom. The minimum absolute atomic E-state index is 0.0208. The highest BCUT2D eigenvalue weighted by Gasteiger charge is 2.51. The van der Waals surface area contributed by atoms with Gasteiger partial charge in [0.2, 0.25) is 5.91 Å². The molecule has 1 heterocycles. The molecule has 0 aliphatic carbocycles. The van der Waals surface area contributed by atoms with Crippen LogP contribution in [-0.2, 0) is 15.8 Å². The van der Waals surface area contributed by atoms with Crippen molar-refractivity contribution in [3.05, 3.63) is 35.9 Å². The molecule has 1 aliphatic rings. The first kappa shape index (κ1) is 18.2. The molecule has 0 unspecified atom stereocenters. The van der Waals surface area contributed by atoms with E-state index < -0.39 is 20.5 Å². The van der Waals surface area contributed by atoms with Gasteiger partial charge in [-0.3, -0.25) is 4.79 Å². The van der Waals surface area contributed by atoms with Gasteiger partial charge >= 0.3 is 0 Å². The summed E-state index contributed by atoms with van der Waals surface area (Å²) in [5.41, 5.74) is 1.02. The number of rotatable bonds is 5. The molecule has 0 bridgehead atoms. The zero-order valence-corrected chi connectivity index (χ0v) is 16.0. The average Bonchev–Trinajstić information content (AvgIpc) is 2.44. The highest BCUT2D eigenvalue weighted by molar-refractivity contribution is 6.74. The van der Waals surface area contributed by atoms with E-state index in [4.69, 9.17) is 4.43 Å². The number of β-lactam (4-membered cyclic amide) rings is 1. The monoisotopic (exact) mass is 335 g/mol. The maximum Gasteiger partial charge on any atom is 0.235 e. The summed E-state index contributed by atoms with van der Waals surface area (Å²) >= 11 is 0. The third kappa shape index (κ3) is 3.67. The molecule has 128 valence electrons. The van der Waals surface area contributed by atoms with Gasteiger partial charge in [-0.2, -0.15) is 0 Å². The molecule has 0 saturated carbocycles. The molecule has 5 heteroatoms. The Hall–Kier alpha value is -1.17. The third-order valence-electron chi connectivity index (χ3n) is 5.20. The van der Waals surface area contributed by atoms with Gasteiger partial charge in [-0.1, -0.05) is 51.1 Å². The topological polar surface area (TPSA) is 49.8 Å². The standard InChI is InChI=1S/C18H29NO3Si/c1-13(22-23(5,6)18(2,3)4)15-16(20)19(17(15)21)12-14-10-8-7-9-11-14/h7-11,13,15-16,20H,12H2,1-6H3/t13-,15-,16-/m1/s1. The largest absolute Gasteiger partial charge is 0.413 e. The lowest BCUT2D eigenvalue weighted by atomic mass is 9.90. The van der Waals surface area contributed by atoms with Crippen LogP contribution in [0, 0.1) is 5.92 Å². The van der Waals surface area contributed by atoms with Crippen molar-refractivity contribution in [2.45, 2.75) is 64.7 Å². The Labute approximate surface area is 140 Å². The number of aliphatic hydroxyl groups excluding tert-OH is 1. The van der Waals surface area contributed by atoms with Crippen molar-refractivity contribution in [2.75, 3.05) is 0 Å². The Balaban J connectivity index is 1.99. The van der Waals surface area contributed by atoms with Crippen molar-refractivity contribution < 1.29 is 14.3 Å². The van der Waals surface area contributed by atoms with Crippen LogP contribution in [0.4, 0.5) is 0 Å². The van der Waals surface area contributed by atoms with Crippen LogP contribution in [0.5, 0.6) is 0 Å². The highest BCUT2D eigenvalue weighted by Crippen LogP contribution is 2.40. The summed E-state index contributed by atoms with van der Waals surface area (Å²) in [5.74, 6) is -0.472. The molecule has 1 N–H and O–H groups in total. The molecule has 1 aromatic carbocycles. The maximum atomic E-state index is 12.5. The third-order valence-corrected chi connectivity index (χ3v) is 9.77. The van der Waals surface area contributed by atoms with E-state index in [2.05, 4.69) is 33.9 Å². The molecule has 1 aliphatic heterocycles. The molecule has 1 fully saturated rings. The van der Waals surface area contributed by atoms with Crippen LogP contribution in [0.3, 0.4) is 0 Å². The maximum absolute atomic E-state index is 12.5. The van der Waals surface area contributed by atoms with Crippen molar-refractivity contribution >= 4 is 14.2 Å². The average molecular weight is 336 g/mol. The van der Waals surface area contributed by atoms with Crippen LogP contribution in [0.25, 0.3) is 0 Å². The van der Waals surface area contributed by atoms with E-state index in [-0.39, 0.29) is 17.0 Å². The zero-order chi connectivity index (χ0) is 17.4. The van der Waals surface area contributed by atoms with Gasteiger partial charge in [0.05, 0.1) is 6.10 Å². The molecule has 0 radical (unpaired) electrons. The van der Waals surface area contributed by atoms with Crippen molar-refractivity contribution in [3.8, 4) is 0 Å². The lowest BCUT2D eigenvalue weighted by Gasteiger charge is -2.49. The molecule has 2 rings (SSSR count). The zero-order valence-electron chi connectivity index (χ0n) is 15.0. The Morgan fingerprint density at radius 2 is 1.83 bits per heavy atom. The van der Waals surface area contributed by atoms with Crippen LogP contribution in [0.15, 0.2) is 30.3 Å². The fraction of sp³-hybridized carbons (Fsp3) is 0.611.